The van der Waals surface area contributed by atoms with Gasteiger partial charge in [-0.05, 0) is 62.8 Å². The van der Waals surface area contributed by atoms with Crippen LogP contribution in [0.15, 0.2) is 84.9 Å². The molecule has 1 amide bonds. The number of hydrogen-bond donors (Lipinski definition) is 0. The summed E-state index contributed by atoms with van der Waals surface area (Å²) in [5, 5.41) is 1.08. The number of carbonyl (C=O) groups excluding carboxylic acids is 2. The Labute approximate surface area is 236 Å². The average molecular weight is 536 g/mol. The first-order chi connectivity index (χ1) is 19.3. The van der Waals surface area contributed by atoms with Gasteiger partial charge >= 0.3 is 6.09 Å². The Morgan fingerprint density at radius 2 is 1.48 bits per heavy atom. The van der Waals surface area contributed by atoms with Gasteiger partial charge in [-0.25, -0.2) is 9.36 Å². The van der Waals surface area contributed by atoms with Crippen LogP contribution in [0, 0.1) is 0 Å². The van der Waals surface area contributed by atoms with E-state index in [4.69, 9.17) is 4.74 Å². The minimum Gasteiger partial charge on any atom is -0.443 e. The molecule has 0 aliphatic carbocycles. The zero-order chi connectivity index (χ0) is 27.9. The zero-order valence-corrected chi connectivity index (χ0v) is 23.5. The molecule has 206 valence electrons. The van der Waals surface area contributed by atoms with Crippen molar-refractivity contribution in [2.24, 2.45) is 0 Å². The molecule has 3 aromatic carbocycles. The normalized spacial score (nSPS) is 19.0. The molecule has 1 fully saturated rings. The summed E-state index contributed by atoms with van der Waals surface area (Å²) in [5.41, 5.74) is 4.71. The van der Waals surface area contributed by atoms with Gasteiger partial charge in [-0.3, -0.25) is 9.69 Å². The lowest BCUT2D eigenvalue weighted by atomic mass is 9.87. The van der Waals surface area contributed by atoms with Crippen molar-refractivity contribution in [2.45, 2.75) is 70.8 Å². The van der Waals surface area contributed by atoms with E-state index in [1.807, 2.05) is 56.0 Å². The van der Waals surface area contributed by atoms with Gasteiger partial charge < -0.3 is 9.64 Å². The molecular weight excluding hydrogens is 498 g/mol. The SMILES string of the molecule is CC(C)(C)OC(=O)n1c2c(c3ccccc31)CCN1C(=O)[C@@H](N(Cc3ccccc3)Cc3ccccc3)CC[C@H]21. The molecule has 6 rings (SSSR count). The Bertz CT molecular complexity index is 1480. The number of piperidine rings is 1. The highest BCUT2D eigenvalue weighted by Crippen LogP contribution is 2.43. The Morgan fingerprint density at radius 3 is 2.10 bits per heavy atom. The molecule has 0 N–H and O–H groups in total. The van der Waals surface area contributed by atoms with Crippen molar-refractivity contribution in [2.75, 3.05) is 6.54 Å². The van der Waals surface area contributed by atoms with Crippen LogP contribution in [-0.4, -0.2) is 44.6 Å². The summed E-state index contributed by atoms with van der Waals surface area (Å²) >= 11 is 0. The third kappa shape index (κ3) is 5.04. The van der Waals surface area contributed by atoms with Gasteiger partial charge in [0, 0.05) is 25.0 Å². The molecule has 40 heavy (non-hydrogen) atoms. The Hall–Kier alpha value is -3.90. The maximum Gasteiger partial charge on any atom is 0.419 e. The highest BCUT2D eigenvalue weighted by Gasteiger charge is 2.44. The number of carbonyl (C=O) groups is 2. The largest absolute Gasteiger partial charge is 0.443 e. The minimum absolute atomic E-state index is 0.148. The number of amides is 1. The molecule has 1 aromatic heterocycles. The van der Waals surface area contributed by atoms with Crippen LogP contribution in [0.25, 0.3) is 10.9 Å². The summed E-state index contributed by atoms with van der Waals surface area (Å²) in [6.07, 6.45) is 1.87. The quantitative estimate of drug-likeness (QED) is 0.285. The number of nitrogens with zero attached hydrogens (tertiary/aromatic N) is 3. The van der Waals surface area contributed by atoms with Gasteiger partial charge in [0.25, 0.3) is 0 Å². The van der Waals surface area contributed by atoms with Gasteiger partial charge in [0.15, 0.2) is 0 Å². The van der Waals surface area contributed by atoms with E-state index in [1.54, 1.807) is 4.57 Å². The number of aromatic nitrogens is 1. The standard InChI is InChI=1S/C34H37N3O3/c1-34(2,3)40-33(39)37-28-17-11-10-16-26(28)27-20-21-36-29(31(27)37)18-19-30(32(36)38)35(22-24-12-6-4-7-13-24)23-25-14-8-5-9-15-25/h4-17,29-30H,18-23H2,1-3H3/t29-,30+/m1/s1. The number of benzene rings is 3. The fourth-order valence-corrected chi connectivity index (χ4v) is 6.42. The molecule has 3 heterocycles. The predicted octanol–water partition coefficient (Wildman–Crippen LogP) is 6.72. The molecule has 6 nitrogen and oxygen atoms in total. The summed E-state index contributed by atoms with van der Waals surface area (Å²) in [6, 6.07) is 28.4. The molecule has 6 heteroatoms. The monoisotopic (exact) mass is 535 g/mol. The molecule has 0 spiro atoms. The smallest absolute Gasteiger partial charge is 0.419 e. The highest BCUT2D eigenvalue weighted by atomic mass is 16.6. The van der Waals surface area contributed by atoms with Crippen molar-refractivity contribution in [1.29, 1.82) is 0 Å². The molecule has 2 aliphatic rings. The Kier molecular flexibility index (Phi) is 6.97. The average Bonchev–Trinajstić information content (AvgIpc) is 3.28. The van der Waals surface area contributed by atoms with E-state index in [2.05, 4.69) is 59.5 Å². The van der Waals surface area contributed by atoms with Gasteiger partial charge in [-0.1, -0.05) is 78.9 Å². The molecule has 0 unspecified atom stereocenters. The first-order valence-electron chi connectivity index (χ1n) is 14.3. The summed E-state index contributed by atoms with van der Waals surface area (Å²) in [5.74, 6) is 0.148. The van der Waals surface area contributed by atoms with Crippen LogP contribution in [0.1, 0.15) is 62.0 Å². The third-order valence-corrected chi connectivity index (χ3v) is 8.07. The van der Waals surface area contributed by atoms with Crippen molar-refractivity contribution in [3.05, 3.63) is 107 Å². The fraction of sp³-hybridized carbons (Fsp3) is 0.353. The molecule has 4 aromatic rings. The van der Waals surface area contributed by atoms with E-state index in [1.165, 1.54) is 16.7 Å². The molecule has 0 radical (unpaired) electrons. The van der Waals surface area contributed by atoms with E-state index in [0.29, 0.717) is 19.6 Å². The Morgan fingerprint density at radius 1 is 0.875 bits per heavy atom. The lowest BCUT2D eigenvalue weighted by Gasteiger charge is -2.45. The second-order valence-corrected chi connectivity index (χ2v) is 12.0. The summed E-state index contributed by atoms with van der Waals surface area (Å²) in [7, 11) is 0. The maximum absolute atomic E-state index is 14.3. The summed E-state index contributed by atoms with van der Waals surface area (Å²) in [6.45, 7) is 7.72. The van der Waals surface area contributed by atoms with Gasteiger partial charge in [-0.2, -0.15) is 0 Å². The first-order valence-corrected chi connectivity index (χ1v) is 14.3. The number of rotatable bonds is 5. The molecule has 1 saturated heterocycles. The van der Waals surface area contributed by atoms with Gasteiger partial charge in [-0.15, -0.1) is 0 Å². The van der Waals surface area contributed by atoms with Crippen molar-refractivity contribution in [3.63, 3.8) is 0 Å². The van der Waals surface area contributed by atoms with Gasteiger partial charge in [0.05, 0.1) is 23.3 Å². The first kappa shape index (κ1) is 26.3. The van der Waals surface area contributed by atoms with E-state index >= 15 is 0 Å². The zero-order valence-electron chi connectivity index (χ0n) is 23.5. The Balaban J connectivity index is 1.35. The summed E-state index contributed by atoms with van der Waals surface area (Å²) in [4.78, 5) is 32.2. The van der Waals surface area contributed by atoms with Gasteiger partial charge in [0.1, 0.15) is 5.60 Å². The van der Waals surface area contributed by atoms with Crippen molar-refractivity contribution in [3.8, 4) is 0 Å². The third-order valence-electron chi connectivity index (χ3n) is 8.07. The molecule has 2 atom stereocenters. The van der Waals surface area contributed by atoms with Crippen LogP contribution in [0.5, 0.6) is 0 Å². The maximum atomic E-state index is 14.3. The van der Waals surface area contributed by atoms with Crippen molar-refractivity contribution < 1.29 is 14.3 Å². The fourth-order valence-electron chi connectivity index (χ4n) is 6.42. The number of ether oxygens (including phenoxy) is 1. The predicted molar refractivity (Wildman–Crippen MR) is 157 cm³/mol. The number of para-hydroxylation sites is 1. The lowest BCUT2D eigenvalue weighted by molar-refractivity contribution is -0.145. The molecule has 2 aliphatic heterocycles. The molecule has 0 saturated carbocycles. The van der Waals surface area contributed by atoms with Crippen LogP contribution in [-0.2, 0) is 29.0 Å². The van der Waals surface area contributed by atoms with E-state index < -0.39 is 5.60 Å². The van der Waals surface area contributed by atoms with Crippen LogP contribution in [0.3, 0.4) is 0 Å². The van der Waals surface area contributed by atoms with Crippen molar-refractivity contribution >= 4 is 22.9 Å². The topological polar surface area (TPSA) is 54.8 Å². The molecular formula is C34H37N3O3. The van der Waals surface area contributed by atoms with Crippen LogP contribution in [0.2, 0.25) is 0 Å². The number of hydrogen-bond acceptors (Lipinski definition) is 4. The van der Waals surface area contributed by atoms with Crippen molar-refractivity contribution in [1.82, 2.24) is 14.4 Å². The highest BCUT2D eigenvalue weighted by molar-refractivity contribution is 5.95. The molecule has 0 bridgehead atoms. The van der Waals surface area contributed by atoms with Crippen LogP contribution in [0.4, 0.5) is 4.79 Å². The van der Waals surface area contributed by atoms with E-state index in [-0.39, 0.29) is 24.1 Å². The number of fused-ring (bicyclic) bond motifs is 5. The van der Waals surface area contributed by atoms with E-state index in [0.717, 1.165) is 35.9 Å². The minimum atomic E-state index is -0.619. The lowest BCUT2D eigenvalue weighted by Crippen LogP contribution is -2.55. The van der Waals surface area contributed by atoms with Crippen LogP contribution < -0.4 is 0 Å². The van der Waals surface area contributed by atoms with Crippen LogP contribution >= 0.6 is 0 Å². The van der Waals surface area contributed by atoms with E-state index in [9.17, 15) is 9.59 Å². The summed E-state index contributed by atoms with van der Waals surface area (Å²) < 4.78 is 7.61. The second kappa shape index (κ2) is 10.6. The van der Waals surface area contributed by atoms with Gasteiger partial charge in [0.2, 0.25) is 5.91 Å². The second-order valence-electron chi connectivity index (χ2n) is 12.0.